The third kappa shape index (κ3) is 2.64. The fourth-order valence-corrected chi connectivity index (χ4v) is 3.01. The fourth-order valence-electron chi connectivity index (χ4n) is 3.01. The molecular weight excluding hydrogens is 232 g/mol. The molecule has 2 aromatic rings. The number of aromatic nitrogens is 1. The van der Waals surface area contributed by atoms with E-state index >= 15 is 0 Å². The smallest absolute Gasteiger partial charge is 0.0702 e. The second-order valence-corrected chi connectivity index (χ2v) is 5.69. The summed E-state index contributed by atoms with van der Waals surface area (Å²) in [6.07, 6.45) is 4.66. The van der Waals surface area contributed by atoms with Gasteiger partial charge >= 0.3 is 0 Å². The number of rotatable bonds is 5. The Morgan fingerprint density at radius 3 is 2.89 bits per heavy atom. The average Bonchev–Trinajstić information content (AvgIpc) is 3.28. The molecule has 2 nitrogen and oxygen atoms in total. The van der Waals surface area contributed by atoms with Crippen LogP contribution in [-0.2, 0) is 0 Å². The summed E-state index contributed by atoms with van der Waals surface area (Å²) in [5, 5.41) is 4.91. The van der Waals surface area contributed by atoms with Crippen molar-refractivity contribution in [3.63, 3.8) is 0 Å². The number of hydrogen-bond acceptors (Lipinski definition) is 2. The van der Waals surface area contributed by atoms with E-state index in [1.807, 2.05) is 12.3 Å². The summed E-state index contributed by atoms with van der Waals surface area (Å²) in [5.41, 5.74) is 2.49. The van der Waals surface area contributed by atoms with Gasteiger partial charge in [0.05, 0.1) is 5.52 Å². The Kier molecular flexibility index (Phi) is 3.52. The van der Waals surface area contributed by atoms with Crippen molar-refractivity contribution in [2.24, 2.45) is 11.8 Å². The number of pyridine rings is 1. The minimum absolute atomic E-state index is 0.474. The van der Waals surface area contributed by atoms with Crippen molar-refractivity contribution in [3.05, 3.63) is 42.1 Å². The van der Waals surface area contributed by atoms with Gasteiger partial charge in [-0.25, -0.2) is 0 Å². The summed E-state index contributed by atoms with van der Waals surface area (Å²) in [6.45, 7) is 5.60. The minimum Gasteiger partial charge on any atom is -0.310 e. The number of hydrogen-bond donors (Lipinski definition) is 1. The molecule has 1 saturated carbocycles. The van der Waals surface area contributed by atoms with Crippen LogP contribution in [0, 0.1) is 11.8 Å². The number of nitrogens with one attached hydrogen (secondary N) is 1. The molecule has 1 N–H and O–H groups in total. The Bertz CT molecular complexity index is 560. The predicted octanol–water partition coefficient (Wildman–Crippen LogP) is 3.93. The lowest BCUT2D eigenvalue weighted by molar-refractivity contribution is 0.355. The molecule has 100 valence electrons. The van der Waals surface area contributed by atoms with E-state index in [4.69, 9.17) is 0 Å². The van der Waals surface area contributed by atoms with Crippen molar-refractivity contribution in [2.45, 2.75) is 32.7 Å². The lowest BCUT2D eigenvalue weighted by Gasteiger charge is -2.25. The molecule has 1 aliphatic rings. The minimum atomic E-state index is 0.474. The highest BCUT2D eigenvalue weighted by Gasteiger charge is 2.33. The van der Waals surface area contributed by atoms with Crippen LogP contribution in [0.4, 0.5) is 0 Å². The Balaban J connectivity index is 1.94. The molecule has 1 aliphatic carbocycles. The molecule has 19 heavy (non-hydrogen) atoms. The van der Waals surface area contributed by atoms with Crippen LogP contribution in [0.25, 0.3) is 10.9 Å². The maximum atomic E-state index is 4.40. The van der Waals surface area contributed by atoms with Gasteiger partial charge in [0.1, 0.15) is 0 Å². The molecule has 0 bridgehead atoms. The third-order valence-electron chi connectivity index (χ3n) is 4.30. The number of fused-ring (bicyclic) bond motifs is 1. The van der Waals surface area contributed by atoms with Crippen molar-refractivity contribution >= 4 is 10.9 Å². The molecule has 2 heteroatoms. The Morgan fingerprint density at radius 2 is 2.16 bits per heavy atom. The van der Waals surface area contributed by atoms with Crippen LogP contribution in [0.15, 0.2) is 36.5 Å². The Hall–Kier alpha value is -1.41. The number of nitrogens with zero attached hydrogens (tertiary/aromatic N) is 1. The summed E-state index contributed by atoms with van der Waals surface area (Å²) in [7, 11) is 0. The van der Waals surface area contributed by atoms with Gasteiger partial charge in [-0.05, 0) is 55.0 Å². The molecule has 1 heterocycles. The van der Waals surface area contributed by atoms with E-state index in [-0.39, 0.29) is 0 Å². The molecule has 1 aromatic carbocycles. The summed E-state index contributed by atoms with van der Waals surface area (Å²) in [4.78, 5) is 4.40. The second kappa shape index (κ2) is 5.30. The van der Waals surface area contributed by atoms with Crippen molar-refractivity contribution < 1.29 is 0 Å². The van der Waals surface area contributed by atoms with Gasteiger partial charge in [-0.2, -0.15) is 0 Å². The topological polar surface area (TPSA) is 24.9 Å². The molecule has 0 radical (unpaired) electrons. The first kappa shape index (κ1) is 12.6. The first-order valence-electron chi connectivity index (χ1n) is 7.37. The standard InChI is InChI=1S/C17H22N2/c1-3-18-17(12(2)13-6-7-13)15-8-9-16-14(11-15)5-4-10-19-16/h4-5,8-13,17-18H,3,6-7H2,1-2H3. The fraction of sp³-hybridized carbons (Fsp3) is 0.471. The zero-order valence-electron chi connectivity index (χ0n) is 11.8. The van der Waals surface area contributed by atoms with E-state index in [1.165, 1.54) is 23.8 Å². The lowest BCUT2D eigenvalue weighted by atomic mass is 9.90. The zero-order chi connectivity index (χ0) is 13.2. The normalized spacial score (nSPS) is 18.4. The highest BCUT2D eigenvalue weighted by Crippen LogP contribution is 2.42. The molecular formula is C17H22N2. The molecule has 2 atom stereocenters. The van der Waals surface area contributed by atoms with E-state index in [1.54, 1.807) is 0 Å². The van der Waals surface area contributed by atoms with Gasteiger partial charge in [0.15, 0.2) is 0 Å². The molecule has 0 spiro atoms. The van der Waals surface area contributed by atoms with E-state index < -0.39 is 0 Å². The van der Waals surface area contributed by atoms with Crippen molar-refractivity contribution in [1.29, 1.82) is 0 Å². The van der Waals surface area contributed by atoms with Crippen LogP contribution >= 0.6 is 0 Å². The lowest BCUT2D eigenvalue weighted by Crippen LogP contribution is -2.27. The third-order valence-corrected chi connectivity index (χ3v) is 4.30. The van der Waals surface area contributed by atoms with Crippen LogP contribution in [0.5, 0.6) is 0 Å². The first-order chi connectivity index (χ1) is 9.29. The van der Waals surface area contributed by atoms with Gasteiger partial charge in [0, 0.05) is 17.6 Å². The highest BCUT2D eigenvalue weighted by molar-refractivity contribution is 5.79. The van der Waals surface area contributed by atoms with Crippen LogP contribution in [-0.4, -0.2) is 11.5 Å². The number of benzene rings is 1. The second-order valence-electron chi connectivity index (χ2n) is 5.69. The molecule has 2 unspecified atom stereocenters. The van der Waals surface area contributed by atoms with Crippen LogP contribution < -0.4 is 5.32 Å². The SMILES string of the molecule is CCNC(c1ccc2ncccc2c1)C(C)C1CC1. The quantitative estimate of drug-likeness (QED) is 0.874. The maximum Gasteiger partial charge on any atom is 0.0702 e. The summed E-state index contributed by atoms with van der Waals surface area (Å²) < 4.78 is 0. The average molecular weight is 254 g/mol. The molecule has 1 fully saturated rings. The van der Waals surface area contributed by atoms with Crippen molar-refractivity contribution in [2.75, 3.05) is 6.54 Å². The van der Waals surface area contributed by atoms with E-state index in [2.05, 4.69) is 48.4 Å². The maximum absolute atomic E-state index is 4.40. The van der Waals surface area contributed by atoms with Crippen LogP contribution in [0.3, 0.4) is 0 Å². The zero-order valence-corrected chi connectivity index (χ0v) is 11.8. The van der Waals surface area contributed by atoms with Crippen molar-refractivity contribution in [3.8, 4) is 0 Å². The van der Waals surface area contributed by atoms with E-state index in [0.29, 0.717) is 12.0 Å². The van der Waals surface area contributed by atoms with Gasteiger partial charge in [0.2, 0.25) is 0 Å². The summed E-state index contributed by atoms with van der Waals surface area (Å²) in [5.74, 6) is 1.63. The molecule has 3 rings (SSSR count). The van der Waals surface area contributed by atoms with E-state index in [0.717, 1.165) is 18.0 Å². The highest BCUT2D eigenvalue weighted by atomic mass is 14.9. The largest absolute Gasteiger partial charge is 0.310 e. The van der Waals surface area contributed by atoms with Gasteiger partial charge in [0.25, 0.3) is 0 Å². The van der Waals surface area contributed by atoms with Crippen LogP contribution in [0.1, 0.15) is 38.3 Å². The molecule has 0 amide bonds. The van der Waals surface area contributed by atoms with Gasteiger partial charge in [-0.15, -0.1) is 0 Å². The first-order valence-corrected chi connectivity index (χ1v) is 7.37. The van der Waals surface area contributed by atoms with Gasteiger partial charge in [-0.1, -0.05) is 26.0 Å². The molecule has 1 aromatic heterocycles. The monoisotopic (exact) mass is 254 g/mol. The van der Waals surface area contributed by atoms with Gasteiger partial charge in [-0.3, -0.25) is 4.98 Å². The van der Waals surface area contributed by atoms with Crippen molar-refractivity contribution in [1.82, 2.24) is 10.3 Å². The predicted molar refractivity (Wildman–Crippen MR) is 80.0 cm³/mol. The molecule has 0 saturated heterocycles. The van der Waals surface area contributed by atoms with Gasteiger partial charge < -0.3 is 5.32 Å². The molecule has 0 aliphatic heterocycles. The summed E-state index contributed by atoms with van der Waals surface area (Å²) >= 11 is 0. The van der Waals surface area contributed by atoms with Crippen LogP contribution in [0.2, 0.25) is 0 Å². The van der Waals surface area contributed by atoms with E-state index in [9.17, 15) is 0 Å². The Morgan fingerprint density at radius 1 is 1.32 bits per heavy atom. The summed E-state index contributed by atoms with van der Waals surface area (Å²) in [6, 6.07) is 11.3. The Labute approximate surface area is 115 Å².